The SMILES string of the molecule is COC(=O)C(Nc1cccc(F)c1)c1ccc(C(F)(F)F)cc1. The minimum Gasteiger partial charge on any atom is -0.467 e. The summed E-state index contributed by atoms with van der Waals surface area (Å²) in [6.45, 7) is 0. The summed E-state index contributed by atoms with van der Waals surface area (Å²) >= 11 is 0. The highest BCUT2D eigenvalue weighted by molar-refractivity contribution is 5.81. The number of nitrogens with one attached hydrogen (secondary N) is 1. The zero-order chi connectivity index (χ0) is 17.0. The van der Waals surface area contributed by atoms with E-state index < -0.39 is 29.6 Å². The van der Waals surface area contributed by atoms with E-state index in [1.807, 2.05) is 0 Å². The number of rotatable bonds is 4. The van der Waals surface area contributed by atoms with Crippen molar-refractivity contribution >= 4 is 11.7 Å². The van der Waals surface area contributed by atoms with Crippen molar-refractivity contribution in [2.75, 3.05) is 12.4 Å². The Kier molecular flexibility index (Phi) is 4.88. The van der Waals surface area contributed by atoms with Crippen LogP contribution in [-0.4, -0.2) is 13.1 Å². The second-order valence-electron chi connectivity index (χ2n) is 4.73. The third kappa shape index (κ3) is 4.21. The van der Waals surface area contributed by atoms with Crippen LogP contribution in [0.15, 0.2) is 48.5 Å². The Morgan fingerprint density at radius 2 is 1.78 bits per heavy atom. The molecule has 23 heavy (non-hydrogen) atoms. The number of ether oxygens (including phenoxy) is 1. The van der Waals surface area contributed by atoms with Gasteiger partial charge in [-0.15, -0.1) is 0 Å². The van der Waals surface area contributed by atoms with Gasteiger partial charge in [0.25, 0.3) is 0 Å². The first-order chi connectivity index (χ1) is 10.8. The molecule has 2 rings (SSSR count). The number of carbonyl (C=O) groups is 1. The Balaban J connectivity index is 2.30. The fourth-order valence-electron chi connectivity index (χ4n) is 2.01. The van der Waals surface area contributed by atoms with Crippen LogP contribution in [0.5, 0.6) is 0 Å². The second kappa shape index (κ2) is 6.68. The molecule has 1 unspecified atom stereocenters. The van der Waals surface area contributed by atoms with Crippen LogP contribution in [0.4, 0.5) is 23.2 Å². The summed E-state index contributed by atoms with van der Waals surface area (Å²) in [5.41, 5.74) is -0.245. The summed E-state index contributed by atoms with van der Waals surface area (Å²) < 4.78 is 55.6. The first kappa shape index (κ1) is 16.8. The number of carbonyl (C=O) groups excluding carboxylic acids is 1. The highest BCUT2D eigenvalue weighted by atomic mass is 19.4. The predicted octanol–water partition coefficient (Wildman–Crippen LogP) is 4.17. The molecule has 122 valence electrons. The van der Waals surface area contributed by atoms with E-state index in [0.717, 1.165) is 19.2 Å². The average molecular weight is 327 g/mol. The topological polar surface area (TPSA) is 38.3 Å². The van der Waals surface area contributed by atoms with Gasteiger partial charge in [0.05, 0.1) is 12.7 Å². The number of hydrogen-bond acceptors (Lipinski definition) is 3. The molecule has 1 N–H and O–H groups in total. The molecule has 0 aliphatic carbocycles. The number of esters is 1. The Morgan fingerprint density at radius 3 is 2.30 bits per heavy atom. The van der Waals surface area contributed by atoms with Gasteiger partial charge in [-0.2, -0.15) is 13.2 Å². The van der Waals surface area contributed by atoms with E-state index in [9.17, 15) is 22.4 Å². The normalized spacial score (nSPS) is 12.6. The van der Waals surface area contributed by atoms with Crippen molar-refractivity contribution < 1.29 is 27.1 Å². The minimum absolute atomic E-state index is 0.272. The zero-order valence-corrected chi connectivity index (χ0v) is 12.0. The second-order valence-corrected chi connectivity index (χ2v) is 4.73. The third-order valence-electron chi connectivity index (χ3n) is 3.14. The van der Waals surface area contributed by atoms with Crippen molar-refractivity contribution in [3.8, 4) is 0 Å². The van der Waals surface area contributed by atoms with Gasteiger partial charge < -0.3 is 10.1 Å². The quantitative estimate of drug-likeness (QED) is 0.676. The Morgan fingerprint density at radius 1 is 1.13 bits per heavy atom. The first-order valence-electron chi connectivity index (χ1n) is 6.58. The summed E-state index contributed by atoms with van der Waals surface area (Å²) in [4.78, 5) is 11.9. The molecule has 0 saturated heterocycles. The number of methoxy groups -OCH3 is 1. The molecule has 0 radical (unpaired) electrons. The van der Waals surface area contributed by atoms with Crippen molar-refractivity contribution in [3.05, 3.63) is 65.5 Å². The van der Waals surface area contributed by atoms with Gasteiger partial charge in [-0.05, 0) is 35.9 Å². The molecule has 0 aromatic heterocycles. The smallest absolute Gasteiger partial charge is 0.416 e. The van der Waals surface area contributed by atoms with Gasteiger partial charge in [0.1, 0.15) is 5.82 Å². The largest absolute Gasteiger partial charge is 0.467 e. The van der Waals surface area contributed by atoms with E-state index in [1.165, 1.54) is 36.4 Å². The molecule has 0 fully saturated rings. The van der Waals surface area contributed by atoms with Crippen LogP contribution in [0, 0.1) is 5.82 Å². The minimum atomic E-state index is -4.46. The molecule has 1 atom stereocenters. The highest BCUT2D eigenvalue weighted by Gasteiger charge is 2.31. The van der Waals surface area contributed by atoms with Crippen molar-refractivity contribution in [2.45, 2.75) is 12.2 Å². The first-order valence-corrected chi connectivity index (χ1v) is 6.58. The molecule has 0 saturated carbocycles. The fourth-order valence-corrected chi connectivity index (χ4v) is 2.01. The van der Waals surface area contributed by atoms with Crippen LogP contribution >= 0.6 is 0 Å². The van der Waals surface area contributed by atoms with Crippen LogP contribution in [0.25, 0.3) is 0 Å². The molecule has 2 aromatic rings. The predicted molar refractivity (Wildman–Crippen MR) is 76.2 cm³/mol. The lowest BCUT2D eigenvalue weighted by molar-refractivity contribution is -0.141. The van der Waals surface area contributed by atoms with E-state index in [-0.39, 0.29) is 5.56 Å². The fraction of sp³-hybridized carbons (Fsp3) is 0.188. The molecule has 0 aliphatic rings. The average Bonchev–Trinajstić information content (AvgIpc) is 2.51. The molecule has 0 heterocycles. The lowest BCUT2D eigenvalue weighted by atomic mass is 10.0. The maximum atomic E-state index is 13.2. The summed E-state index contributed by atoms with van der Waals surface area (Å²) in [6.07, 6.45) is -4.46. The monoisotopic (exact) mass is 327 g/mol. The van der Waals surface area contributed by atoms with Gasteiger partial charge in [0.2, 0.25) is 0 Å². The molecule has 0 spiro atoms. The van der Waals surface area contributed by atoms with E-state index in [2.05, 4.69) is 10.1 Å². The molecule has 3 nitrogen and oxygen atoms in total. The standard InChI is InChI=1S/C16H13F4NO2/c1-23-15(22)14(21-13-4-2-3-12(17)9-13)10-5-7-11(8-6-10)16(18,19)20/h2-9,14,21H,1H3. The number of benzene rings is 2. The molecule has 0 aliphatic heterocycles. The number of anilines is 1. The van der Waals surface area contributed by atoms with Crippen LogP contribution in [-0.2, 0) is 15.7 Å². The lowest BCUT2D eigenvalue weighted by Crippen LogP contribution is -2.22. The van der Waals surface area contributed by atoms with Crippen LogP contribution < -0.4 is 5.32 Å². The Hall–Kier alpha value is -2.57. The van der Waals surface area contributed by atoms with E-state index in [0.29, 0.717) is 5.69 Å². The van der Waals surface area contributed by atoms with E-state index >= 15 is 0 Å². The molecule has 7 heteroatoms. The van der Waals surface area contributed by atoms with Gasteiger partial charge in [-0.3, -0.25) is 0 Å². The van der Waals surface area contributed by atoms with E-state index in [4.69, 9.17) is 0 Å². The van der Waals surface area contributed by atoms with Gasteiger partial charge in [-0.25, -0.2) is 9.18 Å². The molecular formula is C16H13F4NO2. The van der Waals surface area contributed by atoms with Crippen LogP contribution in [0.3, 0.4) is 0 Å². The molecular weight excluding hydrogens is 314 g/mol. The number of alkyl halides is 3. The van der Waals surface area contributed by atoms with Gasteiger partial charge in [-0.1, -0.05) is 18.2 Å². The van der Waals surface area contributed by atoms with Crippen molar-refractivity contribution in [1.29, 1.82) is 0 Å². The summed E-state index contributed by atoms with van der Waals surface area (Å²) in [7, 11) is 1.16. The van der Waals surface area contributed by atoms with E-state index in [1.54, 1.807) is 0 Å². The molecule has 0 amide bonds. The maximum absolute atomic E-state index is 13.2. The van der Waals surface area contributed by atoms with Gasteiger partial charge in [0, 0.05) is 5.69 Å². The van der Waals surface area contributed by atoms with Crippen molar-refractivity contribution in [3.63, 3.8) is 0 Å². The summed E-state index contributed by atoms with van der Waals surface area (Å²) in [5.74, 6) is -1.21. The maximum Gasteiger partial charge on any atom is 0.416 e. The summed E-state index contributed by atoms with van der Waals surface area (Å²) in [5, 5.41) is 2.75. The molecule has 0 bridgehead atoms. The highest BCUT2D eigenvalue weighted by Crippen LogP contribution is 2.30. The third-order valence-corrected chi connectivity index (χ3v) is 3.14. The van der Waals surface area contributed by atoms with Crippen molar-refractivity contribution in [1.82, 2.24) is 0 Å². The Labute approximate surface area is 129 Å². The van der Waals surface area contributed by atoms with Crippen molar-refractivity contribution in [2.24, 2.45) is 0 Å². The number of hydrogen-bond donors (Lipinski definition) is 1. The van der Waals surface area contributed by atoms with Gasteiger partial charge >= 0.3 is 12.1 Å². The molecule has 2 aromatic carbocycles. The van der Waals surface area contributed by atoms with Crippen LogP contribution in [0.2, 0.25) is 0 Å². The zero-order valence-electron chi connectivity index (χ0n) is 12.0. The lowest BCUT2D eigenvalue weighted by Gasteiger charge is -2.18. The summed E-state index contributed by atoms with van der Waals surface area (Å²) in [6, 6.07) is 8.42. The number of halogens is 4. The Bertz CT molecular complexity index is 683. The van der Waals surface area contributed by atoms with Gasteiger partial charge in [0.15, 0.2) is 6.04 Å². The van der Waals surface area contributed by atoms with Crippen LogP contribution in [0.1, 0.15) is 17.2 Å².